The third-order valence-corrected chi connectivity index (χ3v) is 4.50. The Morgan fingerprint density at radius 2 is 2.15 bits per heavy atom. The van der Waals surface area contributed by atoms with Crippen molar-refractivity contribution < 1.29 is 9.53 Å². The summed E-state index contributed by atoms with van der Waals surface area (Å²) in [5.41, 5.74) is 9.50. The highest BCUT2D eigenvalue weighted by Gasteiger charge is 2.22. The van der Waals surface area contributed by atoms with Crippen molar-refractivity contribution in [1.29, 1.82) is 0 Å². The van der Waals surface area contributed by atoms with Gasteiger partial charge in [0, 0.05) is 61.8 Å². The predicted octanol–water partition coefficient (Wildman–Crippen LogP) is 1.83. The zero-order valence-electron chi connectivity index (χ0n) is 14.9. The largest absolute Gasteiger partial charge is 0.496 e. The Bertz CT molecular complexity index is 789. The Morgan fingerprint density at radius 1 is 1.31 bits per heavy atom. The van der Waals surface area contributed by atoms with Gasteiger partial charge >= 0.3 is 0 Å². The van der Waals surface area contributed by atoms with Crippen molar-refractivity contribution in [2.45, 2.75) is 19.5 Å². The van der Waals surface area contributed by atoms with E-state index in [1.807, 2.05) is 42.6 Å². The zero-order valence-corrected chi connectivity index (χ0v) is 14.9. The highest BCUT2D eigenvalue weighted by molar-refractivity contribution is 5.94. The van der Waals surface area contributed by atoms with E-state index in [4.69, 9.17) is 10.5 Å². The summed E-state index contributed by atoms with van der Waals surface area (Å²) in [7, 11) is 1.62. The third-order valence-electron chi connectivity index (χ3n) is 4.50. The van der Waals surface area contributed by atoms with Gasteiger partial charge in [-0.25, -0.2) is 0 Å². The first-order chi connectivity index (χ1) is 12.7. The third kappa shape index (κ3) is 4.40. The molecule has 3 rings (SSSR count). The molecule has 0 radical (unpaired) electrons. The van der Waals surface area contributed by atoms with Crippen LogP contribution in [-0.4, -0.2) is 36.0 Å². The number of amides is 1. The minimum absolute atomic E-state index is 0.121. The van der Waals surface area contributed by atoms with E-state index >= 15 is 0 Å². The summed E-state index contributed by atoms with van der Waals surface area (Å²) in [6.07, 6.45) is 4.30. The number of nitrogens with zero attached hydrogens (tertiary/aromatic N) is 2. The van der Waals surface area contributed by atoms with E-state index in [9.17, 15) is 4.79 Å². The lowest BCUT2D eigenvalue weighted by Gasteiger charge is -2.29. The normalized spacial score (nSPS) is 15.0. The SMILES string of the molecule is COc1ccccc1CNC(=O)C1=C(N)CCN(Cc2cccnc2)C1. The Kier molecular flexibility index (Phi) is 5.86. The molecule has 3 N–H and O–H groups in total. The molecule has 0 saturated heterocycles. The maximum Gasteiger partial charge on any atom is 0.250 e. The summed E-state index contributed by atoms with van der Waals surface area (Å²) in [6.45, 7) is 2.54. The fourth-order valence-corrected chi connectivity index (χ4v) is 3.07. The van der Waals surface area contributed by atoms with Gasteiger partial charge in [-0.3, -0.25) is 14.7 Å². The average molecular weight is 352 g/mol. The highest BCUT2D eigenvalue weighted by Crippen LogP contribution is 2.19. The van der Waals surface area contributed by atoms with Crippen molar-refractivity contribution in [2.24, 2.45) is 5.73 Å². The van der Waals surface area contributed by atoms with E-state index in [0.717, 1.165) is 30.0 Å². The van der Waals surface area contributed by atoms with Crippen molar-refractivity contribution in [1.82, 2.24) is 15.2 Å². The molecule has 0 bridgehead atoms. The van der Waals surface area contributed by atoms with Crippen molar-refractivity contribution in [2.75, 3.05) is 20.2 Å². The molecule has 1 aliphatic rings. The summed E-state index contributed by atoms with van der Waals surface area (Å²) in [6, 6.07) is 11.6. The zero-order chi connectivity index (χ0) is 18.4. The lowest BCUT2D eigenvalue weighted by atomic mass is 10.0. The molecule has 1 aliphatic heterocycles. The monoisotopic (exact) mass is 352 g/mol. The number of carbonyl (C=O) groups is 1. The van der Waals surface area contributed by atoms with Crippen molar-refractivity contribution >= 4 is 5.91 Å². The van der Waals surface area contributed by atoms with E-state index in [1.54, 1.807) is 13.3 Å². The first kappa shape index (κ1) is 17.9. The molecule has 6 nitrogen and oxygen atoms in total. The van der Waals surface area contributed by atoms with E-state index in [0.29, 0.717) is 30.8 Å². The molecule has 0 unspecified atom stereocenters. The van der Waals surface area contributed by atoms with Gasteiger partial charge in [-0.15, -0.1) is 0 Å². The van der Waals surface area contributed by atoms with Crippen LogP contribution in [0, 0.1) is 0 Å². The number of nitrogens with one attached hydrogen (secondary N) is 1. The van der Waals surface area contributed by atoms with Gasteiger partial charge in [0.15, 0.2) is 0 Å². The second-order valence-electron chi connectivity index (χ2n) is 6.32. The van der Waals surface area contributed by atoms with Gasteiger partial charge in [-0.1, -0.05) is 24.3 Å². The van der Waals surface area contributed by atoms with Crippen LogP contribution in [0.2, 0.25) is 0 Å². The van der Waals surface area contributed by atoms with Crippen LogP contribution in [0.3, 0.4) is 0 Å². The van der Waals surface area contributed by atoms with Gasteiger partial charge in [0.2, 0.25) is 0 Å². The number of para-hydroxylation sites is 1. The molecule has 2 heterocycles. The van der Waals surface area contributed by atoms with Crippen LogP contribution in [0.4, 0.5) is 0 Å². The highest BCUT2D eigenvalue weighted by atomic mass is 16.5. The number of pyridine rings is 1. The molecular weight excluding hydrogens is 328 g/mol. The second kappa shape index (κ2) is 8.49. The smallest absolute Gasteiger partial charge is 0.250 e. The molecule has 0 atom stereocenters. The summed E-state index contributed by atoms with van der Waals surface area (Å²) < 4.78 is 5.33. The first-order valence-corrected chi connectivity index (χ1v) is 8.66. The fourth-order valence-electron chi connectivity index (χ4n) is 3.07. The quantitative estimate of drug-likeness (QED) is 0.829. The average Bonchev–Trinajstić information content (AvgIpc) is 2.68. The van der Waals surface area contributed by atoms with Gasteiger partial charge in [0.25, 0.3) is 5.91 Å². The van der Waals surface area contributed by atoms with E-state index in [1.165, 1.54) is 0 Å². The van der Waals surface area contributed by atoms with Crippen LogP contribution in [-0.2, 0) is 17.9 Å². The van der Waals surface area contributed by atoms with Crippen molar-refractivity contribution in [3.05, 3.63) is 71.2 Å². The van der Waals surface area contributed by atoms with Gasteiger partial charge in [-0.05, 0) is 17.7 Å². The molecule has 1 aromatic carbocycles. The predicted molar refractivity (Wildman–Crippen MR) is 100 cm³/mol. The van der Waals surface area contributed by atoms with Gasteiger partial charge in [0.05, 0.1) is 7.11 Å². The van der Waals surface area contributed by atoms with E-state index < -0.39 is 0 Å². The first-order valence-electron chi connectivity index (χ1n) is 8.66. The van der Waals surface area contributed by atoms with Gasteiger partial charge < -0.3 is 15.8 Å². The van der Waals surface area contributed by atoms with Gasteiger partial charge in [-0.2, -0.15) is 0 Å². The number of benzene rings is 1. The van der Waals surface area contributed by atoms with Crippen LogP contribution >= 0.6 is 0 Å². The van der Waals surface area contributed by atoms with E-state index in [-0.39, 0.29) is 5.91 Å². The second-order valence-corrected chi connectivity index (χ2v) is 6.32. The molecular formula is C20H24N4O2. The molecule has 6 heteroatoms. The summed E-state index contributed by atoms with van der Waals surface area (Å²) in [4.78, 5) is 19.0. The fraction of sp³-hybridized carbons (Fsp3) is 0.300. The molecule has 1 amide bonds. The van der Waals surface area contributed by atoms with Crippen molar-refractivity contribution in [3.8, 4) is 5.75 Å². The Balaban J connectivity index is 1.62. The minimum atomic E-state index is -0.121. The van der Waals surface area contributed by atoms with Gasteiger partial charge in [0.1, 0.15) is 5.75 Å². The standard InChI is InChI=1S/C20H24N4O2/c1-26-19-7-3-2-6-16(19)12-23-20(25)17-14-24(10-8-18(17)21)13-15-5-4-9-22-11-15/h2-7,9,11H,8,10,12-14,21H2,1H3,(H,23,25). The lowest BCUT2D eigenvalue weighted by Crippen LogP contribution is -2.39. The number of hydrogen-bond donors (Lipinski definition) is 2. The summed E-state index contributed by atoms with van der Waals surface area (Å²) in [5, 5.41) is 2.96. The molecule has 136 valence electrons. The van der Waals surface area contributed by atoms with Crippen LogP contribution in [0.25, 0.3) is 0 Å². The maximum absolute atomic E-state index is 12.7. The number of methoxy groups -OCH3 is 1. The number of nitrogens with two attached hydrogens (primary N) is 1. The molecule has 0 fully saturated rings. The number of hydrogen-bond acceptors (Lipinski definition) is 5. The Morgan fingerprint density at radius 3 is 2.92 bits per heavy atom. The summed E-state index contributed by atoms with van der Waals surface area (Å²) in [5.74, 6) is 0.640. The minimum Gasteiger partial charge on any atom is -0.496 e. The lowest BCUT2D eigenvalue weighted by molar-refractivity contribution is -0.118. The van der Waals surface area contributed by atoms with Crippen LogP contribution in [0.15, 0.2) is 60.1 Å². The van der Waals surface area contributed by atoms with Crippen molar-refractivity contribution in [3.63, 3.8) is 0 Å². The Hall–Kier alpha value is -2.86. The van der Waals surface area contributed by atoms with Crippen LogP contribution in [0.5, 0.6) is 5.75 Å². The summed E-state index contributed by atoms with van der Waals surface area (Å²) >= 11 is 0. The molecule has 0 spiro atoms. The number of carbonyl (C=O) groups excluding carboxylic acids is 1. The number of rotatable bonds is 6. The molecule has 0 saturated carbocycles. The molecule has 0 aliphatic carbocycles. The van der Waals surface area contributed by atoms with E-state index in [2.05, 4.69) is 15.2 Å². The van der Waals surface area contributed by atoms with Crippen LogP contribution < -0.4 is 15.8 Å². The van der Waals surface area contributed by atoms with Crippen LogP contribution in [0.1, 0.15) is 17.5 Å². The Labute approximate surface area is 153 Å². The topological polar surface area (TPSA) is 80.5 Å². The molecule has 1 aromatic heterocycles. The number of aromatic nitrogens is 1. The molecule has 2 aromatic rings. The molecule has 26 heavy (non-hydrogen) atoms. The number of ether oxygens (including phenoxy) is 1. The maximum atomic E-state index is 12.7.